The Labute approximate surface area is 187 Å². The number of nitrogens with zero attached hydrogens (tertiary/aromatic N) is 5. The highest BCUT2D eigenvalue weighted by molar-refractivity contribution is 9.11. The molecule has 1 atom stereocenters. The van der Waals surface area contributed by atoms with Crippen LogP contribution in [-0.4, -0.2) is 58.3 Å². The van der Waals surface area contributed by atoms with Crippen molar-refractivity contribution >= 4 is 37.3 Å². The fraction of sp³-hybridized carbons (Fsp3) is 0.368. The number of rotatable bonds is 6. The fourth-order valence-electron chi connectivity index (χ4n) is 3.55. The summed E-state index contributed by atoms with van der Waals surface area (Å²) < 4.78 is 43.2. The highest BCUT2D eigenvalue weighted by Crippen LogP contribution is 2.27. The Hall–Kier alpha value is -1.66. The molecular weight excluding hydrogens is 493 g/mol. The van der Waals surface area contributed by atoms with Crippen molar-refractivity contribution in [3.63, 3.8) is 0 Å². The van der Waals surface area contributed by atoms with E-state index in [4.69, 9.17) is 0 Å². The summed E-state index contributed by atoms with van der Waals surface area (Å²) in [6, 6.07) is 6.51. The molecule has 3 heterocycles. The van der Waals surface area contributed by atoms with Crippen LogP contribution in [0.3, 0.4) is 0 Å². The van der Waals surface area contributed by atoms with Crippen LogP contribution in [0, 0.1) is 5.82 Å². The van der Waals surface area contributed by atoms with Crippen molar-refractivity contribution in [3.05, 3.63) is 64.0 Å². The third-order valence-corrected chi connectivity index (χ3v) is 9.09. The molecule has 0 N–H and O–H groups in total. The molecule has 1 fully saturated rings. The summed E-state index contributed by atoms with van der Waals surface area (Å²) in [5.41, 5.74) is 2.04. The van der Waals surface area contributed by atoms with Crippen molar-refractivity contribution in [2.75, 3.05) is 26.2 Å². The van der Waals surface area contributed by atoms with Gasteiger partial charge in [-0.3, -0.25) is 4.90 Å². The van der Waals surface area contributed by atoms with Gasteiger partial charge in [0.15, 0.2) is 8.13 Å². The van der Waals surface area contributed by atoms with Gasteiger partial charge in [0, 0.05) is 38.9 Å². The van der Waals surface area contributed by atoms with Crippen molar-refractivity contribution in [2.45, 2.75) is 23.7 Å². The molecule has 0 unspecified atom stereocenters. The van der Waals surface area contributed by atoms with Crippen LogP contribution in [0.25, 0.3) is 0 Å². The van der Waals surface area contributed by atoms with Crippen LogP contribution in [0.1, 0.15) is 24.2 Å². The zero-order valence-corrected chi connectivity index (χ0v) is 19.5. The first kappa shape index (κ1) is 21.6. The molecule has 160 valence electrons. The summed E-state index contributed by atoms with van der Waals surface area (Å²) in [6.07, 6.45) is 5.01. The summed E-state index contributed by atoms with van der Waals surface area (Å²) in [5.74, 6) is -0.254. The molecule has 0 radical (unpaired) electrons. The molecule has 4 rings (SSSR count). The second kappa shape index (κ2) is 8.83. The smallest absolute Gasteiger partial charge is 0.254 e. The molecule has 0 amide bonds. The zero-order chi connectivity index (χ0) is 21.3. The van der Waals surface area contributed by atoms with Crippen molar-refractivity contribution in [2.24, 2.45) is 0 Å². The van der Waals surface area contributed by atoms with E-state index in [1.54, 1.807) is 18.5 Å². The number of aromatic nitrogens is 3. The number of sulfonamides is 1. The SMILES string of the molecule is C[C@H](c1ccc(F)cc1)n1cncc1CN1CCN(S(=O)(=O)c2cnc(Br)s2)CC1. The van der Waals surface area contributed by atoms with E-state index in [2.05, 4.69) is 42.3 Å². The van der Waals surface area contributed by atoms with Crippen LogP contribution in [-0.2, 0) is 16.6 Å². The molecule has 1 saturated heterocycles. The molecule has 3 aromatic rings. The first-order chi connectivity index (χ1) is 14.3. The largest absolute Gasteiger partial charge is 0.326 e. The first-order valence-corrected chi connectivity index (χ1v) is 12.5. The second-order valence-electron chi connectivity index (χ2n) is 7.13. The van der Waals surface area contributed by atoms with Crippen LogP contribution in [0.15, 0.2) is 51.1 Å². The molecule has 11 heteroatoms. The second-order valence-corrected chi connectivity index (χ2v) is 11.6. The van der Waals surface area contributed by atoms with Crippen molar-refractivity contribution in [1.82, 2.24) is 23.7 Å². The summed E-state index contributed by atoms with van der Waals surface area (Å²) in [5, 5.41) is 0. The Bertz CT molecular complexity index is 1110. The maximum absolute atomic E-state index is 13.2. The molecule has 1 aromatic carbocycles. The molecule has 30 heavy (non-hydrogen) atoms. The quantitative estimate of drug-likeness (QED) is 0.505. The normalized spacial score (nSPS) is 17.3. The van der Waals surface area contributed by atoms with Gasteiger partial charge in [0.2, 0.25) is 0 Å². The topological polar surface area (TPSA) is 71.3 Å². The number of piperazine rings is 1. The molecule has 0 spiro atoms. The molecule has 2 aromatic heterocycles. The maximum Gasteiger partial charge on any atom is 0.254 e. The molecular formula is C19H21BrFN5O2S2. The first-order valence-electron chi connectivity index (χ1n) is 9.44. The maximum atomic E-state index is 13.2. The highest BCUT2D eigenvalue weighted by atomic mass is 79.9. The molecule has 1 aliphatic rings. The summed E-state index contributed by atoms with van der Waals surface area (Å²) in [6.45, 7) is 4.85. The van der Waals surface area contributed by atoms with E-state index in [1.807, 2.05) is 6.20 Å². The monoisotopic (exact) mass is 513 g/mol. The van der Waals surface area contributed by atoms with Gasteiger partial charge in [-0.25, -0.2) is 22.8 Å². The third-order valence-electron chi connectivity index (χ3n) is 5.28. The van der Waals surface area contributed by atoms with E-state index < -0.39 is 10.0 Å². The Morgan fingerprint density at radius 1 is 1.17 bits per heavy atom. The lowest BCUT2D eigenvalue weighted by Crippen LogP contribution is -2.48. The van der Waals surface area contributed by atoms with E-state index in [0.29, 0.717) is 36.6 Å². The van der Waals surface area contributed by atoms with Crippen molar-refractivity contribution in [3.8, 4) is 0 Å². The number of imidazole rings is 1. The van der Waals surface area contributed by atoms with Crippen LogP contribution < -0.4 is 0 Å². The zero-order valence-electron chi connectivity index (χ0n) is 16.3. The van der Waals surface area contributed by atoms with Gasteiger partial charge in [0.1, 0.15) is 5.82 Å². The lowest BCUT2D eigenvalue weighted by molar-refractivity contribution is 0.178. The van der Waals surface area contributed by atoms with Gasteiger partial charge in [0.05, 0.1) is 24.3 Å². The summed E-state index contributed by atoms with van der Waals surface area (Å²) >= 11 is 4.34. The van der Waals surface area contributed by atoms with E-state index in [9.17, 15) is 12.8 Å². The summed E-state index contributed by atoms with van der Waals surface area (Å²) in [7, 11) is -3.50. The van der Waals surface area contributed by atoms with Crippen LogP contribution >= 0.6 is 27.3 Å². The average molecular weight is 514 g/mol. The van der Waals surface area contributed by atoms with E-state index in [-0.39, 0.29) is 16.1 Å². The lowest BCUT2D eigenvalue weighted by atomic mass is 10.1. The number of thiazole rings is 1. The minimum atomic E-state index is -3.50. The van der Waals surface area contributed by atoms with Gasteiger partial charge < -0.3 is 4.57 Å². The van der Waals surface area contributed by atoms with E-state index >= 15 is 0 Å². The van der Waals surface area contributed by atoms with Gasteiger partial charge >= 0.3 is 0 Å². The van der Waals surface area contributed by atoms with Crippen LogP contribution in [0.4, 0.5) is 4.39 Å². The van der Waals surface area contributed by atoms with Crippen LogP contribution in [0.2, 0.25) is 0 Å². The van der Waals surface area contributed by atoms with Crippen LogP contribution in [0.5, 0.6) is 0 Å². The molecule has 0 saturated carbocycles. The standard InChI is InChI=1S/C19H21BrFN5O2S2/c1-14(15-2-4-16(21)5-3-15)26-13-22-10-17(26)12-24-6-8-25(9-7-24)30(27,28)18-11-23-19(20)29-18/h2-5,10-11,13-14H,6-9,12H2,1H3/t14-/m1/s1. The predicted molar refractivity (Wildman–Crippen MR) is 116 cm³/mol. The van der Waals surface area contributed by atoms with Crippen molar-refractivity contribution < 1.29 is 12.8 Å². The Morgan fingerprint density at radius 3 is 2.50 bits per heavy atom. The molecule has 1 aliphatic heterocycles. The third kappa shape index (κ3) is 4.50. The molecule has 0 aliphatic carbocycles. The van der Waals surface area contributed by atoms with Crippen molar-refractivity contribution in [1.29, 1.82) is 0 Å². The Morgan fingerprint density at radius 2 is 1.87 bits per heavy atom. The molecule has 0 bridgehead atoms. The minimum absolute atomic E-state index is 0.0227. The Kier molecular flexibility index (Phi) is 6.35. The van der Waals surface area contributed by atoms with Gasteiger partial charge in [-0.1, -0.05) is 23.5 Å². The lowest BCUT2D eigenvalue weighted by Gasteiger charge is -2.33. The van der Waals surface area contributed by atoms with E-state index in [1.165, 1.54) is 22.6 Å². The predicted octanol–water partition coefficient (Wildman–Crippen LogP) is 3.36. The van der Waals surface area contributed by atoms with E-state index in [0.717, 1.165) is 22.6 Å². The van der Waals surface area contributed by atoms with Gasteiger partial charge in [-0.05, 0) is 40.5 Å². The van der Waals surface area contributed by atoms with Gasteiger partial charge in [-0.15, -0.1) is 0 Å². The number of benzene rings is 1. The molecule has 7 nitrogen and oxygen atoms in total. The van der Waals surface area contributed by atoms with Gasteiger partial charge in [0.25, 0.3) is 10.0 Å². The average Bonchev–Trinajstić information content (AvgIpc) is 3.38. The number of hydrogen-bond donors (Lipinski definition) is 0. The highest BCUT2D eigenvalue weighted by Gasteiger charge is 2.30. The van der Waals surface area contributed by atoms with Gasteiger partial charge in [-0.2, -0.15) is 4.31 Å². The summed E-state index contributed by atoms with van der Waals surface area (Å²) in [4.78, 5) is 10.5. The fourth-order valence-corrected chi connectivity index (χ4v) is 6.93. The number of hydrogen-bond acceptors (Lipinski definition) is 6. The number of halogens is 2. The Balaban J connectivity index is 1.40. The minimum Gasteiger partial charge on any atom is -0.326 e.